The first-order valence-corrected chi connectivity index (χ1v) is 10.5. The van der Waals surface area contributed by atoms with E-state index in [0.717, 1.165) is 50.3 Å². The maximum atomic E-state index is 12.7. The van der Waals surface area contributed by atoms with Crippen molar-refractivity contribution < 1.29 is 9.53 Å². The average molecular weight is 393 g/mol. The van der Waals surface area contributed by atoms with E-state index in [0.29, 0.717) is 6.42 Å². The van der Waals surface area contributed by atoms with E-state index in [1.807, 2.05) is 12.1 Å². The molecule has 0 saturated carbocycles. The number of benzene rings is 1. The van der Waals surface area contributed by atoms with Gasteiger partial charge in [0.15, 0.2) is 11.9 Å². The third-order valence-electron chi connectivity index (χ3n) is 5.96. The average Bonchev–Trinajstić information content (AvgIpc) is 3.25. The Hall–Kier alpha value is -2.78. The highest BCUT2D eigenvalue weighted by molar-refractivity contribution is 5.98. The lowest BCUT2D eigenvalue weighted by atomic mass is 9.92. The van der Waals surface area contributed by atoms with Gasteiger partial charge in [-0.15, -0.1) is 0 Å². The van der Waals surface area contributed by atoms with E-state index in [1.165, 1.54) is 24.1 Å². The minimum absolute atomic E-state index is 0.198. The van der Waals surface area contributed by atoms with E-state index in [4.69, 9.17) is 10.00 Å². The molecule has 29 heavy (non-hydrogen) atoms. The number of carbonyl (C=O) groups excluding carboxylic acids is 1. The van der Waals surface area contributed by atoms with Crippen molar-refractivity contribution >= 4 is 22.9 Å². The van der Waals surface area contributed by atoms with Crippen molar-refractivity contribution in [3.05, 3.63) is 41.7 Å². The Morgan fingerprint density at radius 3 is 2.72 bits per heavy atom. The number of carbonyl (C=O) groups is 1. The molecule has 1 amide bonds. The first kappa shape index (κ1) is 19.5. The van der Waals surface area contributed by atoms with E-state index in [1.54, 1.807) is 6.08 Å². The van der Waals surface area contributed by atoms with E-state index < -0.39 is 6.10 Å². The molecular formula is C23H28N4O2. The SMILES string of the molecule is CN1CCN(c2ccc(NC(=O)C3CC=C(C#N)O3)c(C3=CCCCC3)c2)CC1. The highest BCUT2D eigenvalue weighted by Gasteiger charge is 2.27. The molecule has 1 aromatic rings. The van der Waals surface area contributed by atoms with Crippen LogP contribution in [-0.4, -0.2) is 50.1 Å². The summed E-state index contributed by atoms with van der Waals surface area (Å²) in [7, 11) is 2.16. The van der Waals surface area contributed by atoms with Crippen molar-refractivity contribution in [2.24, 2.45) is 0 Å². The van der Waals surface area contributed by atoms with Gasteiger partial charge in [0.1, 0.15) is 6.07 Å². The number of nitrogens with zero attached hydrogens (tertiary/aromatic N) is 3. The molecule has 1 atom stereocenters. The molecule has 0 bridgehead atoms. The summed E-state index contributed by atoms with van der Waals surface area (Å²) in [6.45, 7) is 4.14. The van der Waals surface area contributed by atoms with Gasteiger partial charge in [-0.1, -0.05) is 6.08 Å². The molecule has 1 N–H and O–H groups in total. The minimum atomic E-state index is -0.629. The maximum Gasteiger partial charge on any atom is 0.265 e. The molecule has 1 aromatic carbocycles. The van der Waals surface area contributed by atoms with Gasteiger partial charge < -0.3 is 19.9 Å². The molecular weight excluding hydrogens is 364 g/mol. The van der Waals surface area contributed by atoms with Gasteiger partial charge in [0.05, 0.1) is 0 Å². The smallest absolute Gasteiger partial charge is 0.265 e. The maximum absolute atomic E-state index is 12.7. The molecule has 1 aliphatic carbocycles. The number of piperazine rings is 1. The van der Waals surface area contributed by atoms with E-state index >= 15 is 0 Å². The summed E-state index contributed by atoms with van der Waals surface area (Å²) in [6, 6.07) is 8.31. The number of rotatable bonds is 4. The van der Waals surface area contributed by atoms with Gasteiger partial charge in [0.25, 0.3) is 5.91 Å². The fourth-order valence-corrected chi connectivity index (χ4v) is 4.16. The summed E-state index contributed by atoms with van der Waals surface area (Å²) >= 11 is 0. The topological polar surface area (TPSA) is 68.6 Å². The number of amides is 1. The van der Waals surface area contributed by atoms with Gasteiger partial charge in [-0.05, 0) is 62.6 Å². The summed E-state index contributed by atoms with van der Waals surface area (Å²) in [5.41, 5.74) is 4.46. The Morgan fingerprint density at radius 1 is 1.21 bits per heavy atom. The lowest BCUT2D eigenvalue weighted by Gasteiger charge is -2.34. The molecule has 2 aliphatic heterocycles. The lowest BCUT2D eigenvalue weighted by molar-refractivity contribution is -0.123. The molecule has 0 spiro atoms. The van der Waals surface area contributed by atoms with Crippen molar-refractivity contribution in [2.75, 3.05) is 43.4 Å². The Labute approximate surface area is 172 Å². The molecule has 1 saturated heterocycles. The zero-order valence-electron chi connectivity index (χ0n) is 17.0. The van der Waals surface area contributed by atoms with Gasteiger partial charge in [-0.2, -0.15) is 5.26 Å². The van der Waals surface area contributed by atoms with Gasteiger partial charge >= 0.3 is 0 Å². The first-order chi connectivity index (χ1) is 14.1. The predicted octanol–water partition coefficient (Wildman–Crippen LogP) is 3.53. The number of nitrogens with one attached hydrogen (secondary N) is 1. The van der Waals surface area contributed by atoms with Gasteiger partial charge in [-0.25, -0.2) is 0 Å². The summed E-state index contributed by atoms with van der Waals surface area (Å²) in [4.78, 5) is 17.5. The Bertz CT molecular complexity index is 875. The highest BCUT2D eigenvalue weighted by Crippen LogP contribution is 2.35. The molecule has 4 rings (SSSR count). The zero-order chi connectivity index (χ0) is 20.2. The molecule has 152 valence electrons. The Balaban J connectivity index is 1.56. The second-order valence-electron chi connectivity index (χ2n) is 8.01. The summed E-state index contributed by atoms with van der Waals surface area (Å²) in [5.74, 6) is 0.0299. The predicted molar refractivity (Wildman–Crippen MR) is 114 cm³/mol. The largest absolute Gasteiger partial charge is 0.470 e. The Morgan fingerprint density at radius 2 is 2.03 bits per heavy atom. The molecule has 0 radical (unpaired) electrons. The van der Waals surface area contributed by atoms with Crippen LogP contribution in [0.4, 0.5) is 11.4 Å². The molecule has 3 aliphatic rings. The number of hydrogen-bond donors (Lipinski definition) is 1. The second kappa shape index (κ2) is 8.71. The number of allylic oxidation sites excluding steroid dienone is 3. The van der Waals surface area contributed by atoms with Crippen LogP contribution in [-0.2, 0) is 9.53 Å². The molecule has 1 fully saturated rings. The van der Waals surface area contributed by atoms with Gasteiger partial charge in [0, 0.05) is 49.5 Å². The molecule has 6 nitrogen and oxygen atoms in total. The van der Waals surface area contributed by atoms with Crippen molar-refractivity contribution in [3.63, 3.8) is 0 Å². The van der Waals surface area contributed by atoms with Crippen LogP contribution >= 0.6 is 0 Å². The van der Waals surface area contributed by atoms with Crippen molar-refractivity contribution in [1.82, 2.24) is 4.90 Å². The Kier molecular flexibility index (Phi) is 5.86. The van der Waals surface area contributed by atoms with Crippen LogP contribution in [0.25, 0.3) is 5.57 Å². The van der Waals surface area contributed by atoms with Crippen LogP contribution in [0.3, 0.4) is 0 Å². The first-order valence-electron chi connectivity index (χ1n) is 10.5. The van der Waals surface area contributed by atoms with Crippen molar-refractivity contribution in [2.45, 2.75) is 38.2 Å². The van der Waals surface area contributed by atoms with Gasteiger partial charge in [0.2, 0.25) is 0 Å². The standard InChI is InChI=1S/C23H28N4O2/c1-26-11-13-27(14-12-26)18-7-9-21(20(15-18)17-5-3-2-4-6-17)25-23(28)22-10-8-19(16-24)29-22/h5,7-9,15,22H,2-4,6,10-14H2,1H3,(H,25,28). The fraction of sp³-hybridized carbons (Fsp3) is 0.478. The van der Waals surface area contributed by atoms with Crippen molar-refractivity contribution in [1.29, 1.82) is 5.26 Å². The van der Waals surface area contributed by atoms with E-state index in [2.05, 4.69) is 40.4 Å². The summed E-state index contributed by atoms with van der Waals surface area (Å²) in [5, 5.41) is 12.0. The second-order valence-corrected chi connectivity index (χ2v) is 8.01. The number of ether oxygens (including phenoxy) is 1. The van der Waals surface area contributed by atoms with Crippen LogP contribution in [0.15, 0.2) is 36.1 Å². The quantitative estimate of drug-likeness (QED) is 0.849. The number of hydrogen-bond acceptors (Lipinski definition) is 5. The van der Waals surface area contributed by atoms with E-state index in [9.17, 15) is 4.79 Å². The monoisotopic (exact) mass is 392 g/mol. The summed E-state index contributed by atoms with van der Waals surface area (Å²) in [6.07, 6.45) is 8.31. The van der Waals surface area contributed by atoms with Crippen LogP contribution in [0.5, 0.6) is 0 Å². The van der Waals surface area contributed by atoms with E-state index in [-0.39, 0.29) is 11.7 Å². The minimum Gasteiger partial charge on any atom is -0.470 e. The third kappa shape index (κ3) is 4.46. The van der Waals surface area contributed by atoms with Crippen LogP contribution in [0.1, 0.15) is 37.7 Å². The number of anilines is 2. The van der Waals surface area contributed by atoms with Crippen molar-refractivity contribution in [3.8, 4) is 6.07 Å². The molecule has 1 unspecified atom stereocenters. The highest BCUT2D eigenvalue weighted by atomic mass is 16.5. The van der Waals surface area contributed by atoms with Gasteiger partial charge in [-0.3, -0.25) is 4.79 Å². The fourth-order valence-electron chi connectivity index (χ4n) is 4.16. The normalized spacial score (nSPS) is 22.3. The number of nitriles is 1. The molecule has 2 heterocycles. The molecule has 0 aromatic heterocycles. The zero-order valence-corrected chi connectivity index (χ0v) is 17.0. The van der Waals surface area contributed by atoms with Crippen LogP contribution in [0.2, 0.25) is 0 Å². The number of likely N-dealkylation sites (N-methyl/N-ethyl adjacent to an activating group) is 1. The third-order valence-corrected chi connectivity index (χ3v) is 5.96. The summed E-state index contributed by atoms with van der Waals surface area (Å²) < 4.78 is 5.42. The van der Waals surface area contributed by atoms with Crippen LogP contribution < -0.4 is 10.2 Å². The lowest BCUT2D eigenvalue weighted by Crippen LogP contribution is -2.44. The molecule has 6 heteroatoms. The van der Waals surface area contributed by atoms with Crippen LogP contribution in [0, 0.1) is 11.3 Å².